The maximum absolute atomic E-state index is 12.6. The fraction of sp³-hybridized carbons (Fsp3) is 0.118. The van der Waals surface area contributed by atoms with Crippen LogP contribution in [-0.4, -0.2) is 35.5 Å². The van der Waals surface area contributed by atoms with Crippen molar-refractivity contribution in [3.05, 3.63) is 150 Å². The lowest BCUT2D eigenvalue weighted by Gasteiger charge is -2.28. The van der Waals surface area contributed by atoms with Gasteiger partial charge in [-0.2, -0.15) is 8.78 Å². The zero-order chi connectivity index (χ0) is 33.2. The molecule has 5 nitrogen and oxygen atoms in total. The summed E-state index contributed by atoms with van der Waals surface area (Å²) in [5.74, 6) is -13.6. The second-order valence-electron chi connectivity index (χ2n) is 10.6. The fourth-order valence-electron chi connectivity index (χ4n) is 4.29. The van der Waals surface area contributed by atoms with Crippen LogP contribution in [0.1, 0.15) is 0 Å². The molecule has 0 aliphatic rings. The molecule has 0 fully saturated rings. The summed E-state index contributed by atoms with van der Waals surface area (Å²) in [6.45, 7) is 0. The number of rotatable bonds is 6. The van der Waals surface area contributed by atoms with Gasteiger partial charge in [-0.15, -0.1) is 0 Å². The van der Waals surface area contributed by atoms with Gasteiger partial charge in [-0.1, -0.05) is 72.8 Å². The highest BCUT2D eigenvalue weighted by Crippen LogP contribution is 2.31. The van der Waals surface area contributed by atoms with Crippen molar-refractivity contribution in [2.75, 3.05) is 28.2 Å². The summed E-state index contributed by atoms with van der Waals surface area (Å²) in [7, 11) is 5.60. The summed E-state index contributed by atoms with van der Waals surface area (Å²) in [6, 6.07) is 42.1. The molecule has 0 N–H and O–H groups in total. The van der Waals surface area contributed by atoms with Crippen LogP contribution in [0.4, 0.5) is 44.7 Å². The zero-order valence-electron chi connectivity index (χ0n) is 25.1. The highest BCUT2D eigenvalue weighted by Gasteiger charge is 2.26. The smallest absolute Gasteiger partial charge is 0.205 e. The summed E-state index contributed by atoms with van der Waals surface area (Å²) in [5.41, 5.74) is 5.18. The van der Waals surface area contributed by atoms with Crippen LogP contribution in [0, 0.1) is 29.1 Å². The summed E-state index contributed by atoms with van der Waals surface area (Å²) >= 11 is 0. The van der Waals surface area contributed by atoms with Crippen molar-refractivity contribution in [2.24, 2.45) is 0 Å². The normalized spacial score (nSPS) is 11.0. The zero-order valence-corrected chi connectivity index (χ0v) is 25.1. The quantitative estimate of drug-likeness (QED) is 0.0702. The predicted molar refractivity (Wildman–Crippen MR) is 165 cm³/mol. The van der Waals surface area contributed by atoms with E-state index in [1.165, 1.54) is 22.7 Å². The van der Waals surface area contributed by atoms with E-state index in [-0.39, 0.29) is 0 Å². The van der Waals surface area contributed by atoms with E-state index in [9.17, 15) is 32.0 Å². The third-order valence-corrected chi connectivity index (χ3v) is 6.99. The van der Waals surface area contributed by atoms with Crippen molar-refractivity contribution < 1.29 is 36.7 Å². The molecule has 5 aromatic rings. The molecule has 0 amide bonds. The molecule has 234 valence electrons. The molecule has 11 heteroatoms. The summed E-state index contributed by atoms with van der Waals surface area (Å²) in [4.78, 5) is 0. The molecule has 5 aromatic carbocycles. The Labute approximate surface area is 260 Å². The summed E-state index contributed by atoms with van der Waals surface area (Å²) < 4.78 is 67.4. The minimum atomic E-state index is -3.20. The molecule has 0 heterocycles. The van der Waals surface area contributed by atoms with Crippen LogP contribution in [0.15, 0.2) is 121 Å². The van der Waals surface area contributed by atoms with E-state index in [0.717, 1.165) is 8.97 Å². The first-order chi connectivity index (χ1) is 21.3. The maximum Gasteiger partial charge on any atom is 0.205 e. The number of para-hydroxylation sites is 4. The van der Waals surface area contributed by atoms with Crippen LogP contribution >= 0.6 is 0 Å². The van der Waals surface area contributed by atoms with E-state index >= 15 is 0 Å². The van der Waals surface area contributed by atoms with Gasteiger partial charge in [0.1, 0.15) is 30.1 Å². The molecule has 0 saturated heterocycles. The number of hydrogen-bond acceptors (Lipinski definition) is 3. The average Bonchev–Trinajstić information content (AvgIpc) is 3.07. The largest absolute Gasteiger partial charge is 0.860 e. The van der Waals surface area contributed by atoms with Crippen LogP contribution in [-0.2, 0) is 0 Å². The number of halogens is 5. The molecule has 0 atom stereocenters. The monoisotopic (exact) mass is 622 g/mol. The summed E-state index contributed by atoms with van der Waals surface area (Å²) in [5, 5.41) is 19.7. The molecule has 45 heavy (non-hydrogen) atoms. The Morgan fingerprint density at radius 3 is 0.867 bits per heavy atom. The van der Waals surface area contributed by atoms with E-state index in [1.807, 2.05) is 0 Å². The highest BCUT2D eigenvalue weighted by molar-refractivity contribution is 6.29. The lowest BCUT2D eigenvalue weighted by Crippen LogP contribution is -2.50. The van der Waals surface area contributed by atoms with Gasteiger partial charge in [-0.05, 0) is 48.5 Å². The van der Waals surface area contributed by atoms with Crippen molar-refractivity contribution in [3.63, 3.8) is 0 Å². The molecule has 0 aliphatic carbocycles. The van der Waals surface area contributed by atoms with Crippen molar-refractivity contribution in [3.8, 4) is 5.75 Å². The Morgan fingerprint density at radius 1 is 0.422 bits per heavy atom. The van der Waals surface area contributed by atoms with Gasteiger partial charge in [0.25, 0.3) is 0 Å². The standard InChI is InChI=1S/2C14H16N.C6BF5O3/c2*1-15(2,13-9-5-3-6-10-13)14-11-7-4-8-12-14;8-1-2(9)4(11)6(15-7(13)14)5(12)3(1)10/h2*3-12H,1-2H3;/q2*+1;-2. The van der Waals surface area contributed by atoms with Gasteiger partial charge >= 0.3 is 0 Å². The van der Waals surface area contributed by atoms with Gasteiger partial charge in [0, 0.05) is 0 Å². The van der Waals surface area contributed by atoms with Gasteiger partial charge in [-0.25, -0.2) is 13.2 Å². The Kier molecular flexibility index (Phi) is 12.0. The second kappa shape index (κ2) is 15.4. The first kappa shape index (κ1) is 34.9. The van der Waals surface area contributed by atoms with E-state index in [2.05, 4.69) is 154 Å². The van der Waals surface area contributed by atoms with E-state index in [0.29, 0.717) is 0 Å². The van der Waals surface area contributed by atoms with E-state index < -0.39 is 42.2 Å². The van der Waals surface area contributed by atoms with Gasteiger partial charge < -0.3 is 14.7 Å². The van der Waals surface area contributed by atoms with Crippen molar-refractivity contribution in [2.45, 2.75) is 0 Å². The molecule has 0 saturated carbocycles. The number of hydrogen-bond donors (Lipinski definition) is 0. The second-order valence-corrected chi connectivity index (χ2v) is 10.6. The molecule has 0 unspecified atom stereocenters. The SMILES string of the molecule is C[N+](C)(c1ccccc1)c1ccccc1.C[N+](C)(c1ccccc1)c1ccccc1.[O-]B([O-])Oc1c(F)c(F)c(F)c(F)c1F. The van der Waals surface area contributed by atoms with Crippen LogP contribution in [0.2, 0.25) is 0 Å². The molecule has 0 aliphatic heterocycles. The molecule has 0 radical (unpaired) electrons. The Morgan fingerprint density at radius 2 is 0.644 bits per heavy atom. The van der Waals surface area contributed by atoms with Crippen LogP contribution in [0.25, 0.3) is 0 Å². The van der Waals surface area contributed by atoms with Crippen molar-refractivity contribution in [1.82, 2.24) is 8.97 Å². The fourth-order valence-corrected chi connectivity index (χ4v) is 4.29. The average molecular weight is 622 g/mol. The van der Waals surface area contributed by atoms with Crippen molar-refractivity contribution >= 4 is 30.1 Å². The first-order valence-electron chi connectivity index (χ1n) is 13.7. The summed E-state index contributed by atoms with van der Waals surface area (Å²) in [6.07, 6.45) is 0. The van der Waals surface area contributed by atoms with Gasteiger partial charge in [0.15, 0.2) is 5.75 Å². The number of benzene rings is 5. The molecule has 0 bridgehead atoms. The van der Waals surface area contributed by atoms with E-state index in [1.54, 1.807) is 0 Å². The van der Waals surface area contributed by atoms with Gasteiger partial charge in [-0.3, -0.25) is 8.97 Å². The molecular formula is C34H32BF5N2O3. The highest BCUT2D eigenvalue weighted by atomic mass is 19.2. The first-order valence-corrected chi connectivity index (χ1v) is 13.7. The lowest BCUT2D eigenvalue weighted by molar-refractivity contribution is -0.372. The predicted octanol–water partition coefficient (Wildman–Crippen LogP) is 6.64. The Bertz CT molecular complexity index is 1450. The maximum atomic E-state index is 12.6. The minimum absolute atomic E-state index is 0.779. The lowest BCUT2D eigenvalue weighted by atomic mass is 10.2. The molecule has 0 aromatic heterocycles. The number of quaternary nitrogens is 2. The van der Waals surface area contributed by atoms with Crippen LogP contribution in [0.5, 0.6) is 5.75 Å². The van der Waals surface area contributed by atoms with Gasteiger partial charge in [0.05, 0.1) is 28.2 Å². The van der Waals surface area contributed by atoms with E-state index in [4.69, 9.17) is 0 Å². The Hall–Kier alpha value is -4.55. The molecule has 0 spiro atoms. The van der Waals surface area contributed by atoms with Gasteiger partial charge in [0.2, 0.25) is 29.1 Å². The Balaban J connectivity index is 0.000000184. The topological polar surface area (TPSA) is 55.3 Å². The van der Waals surface area contributed by atoms with Crippen molar-refractivity contribution in [1.29, 1.82) is 0 Å². The minimum Gasteiger partial charge on any atom is -0.860 e. The third kappa shape index (κ3) is 8.77. The third-order valence-electron chi connectivity index (χ3n) is 6.99. The molecular weight excluding hydrogens is 590 g/mol. The van der Waals surface area contributed by atoms with Crippen LogP contribution < -0.4 is 23.7 Å². The van der Waals surface area contributed by atoms with Crippen LogP contribution in [0.3, 0.4) is 0 Å². The molecule has 5 rings (SSSR count). The number of nitrogens with zero attached hydrogens (tertiary/aromatic N) is 2.